The molecule has 10 heteroatoms. The Bertz CT molecular complexity index is 948. The zero-order valence-corrected chi connectivity index (χ0v) is 13.8. The number of hydrogen-bond donors (Lipinski definition) is 1. The number of carbonyl (C=O) groups excluding carboxylic acids is 1. The van der Waals surface area contributed by atoms with Crippen LogP contribution in [0.15, 0.2) is 42.9 Å². The summed E-state index contributed by atoms with van der Waals surface area (Å²) in [5.41, 5.74) is 0.752. The molecule has 0 aliphatic carbocycles. The van der Waals surface area contributed by atoms with Crippen LogP contribution in [0, 0.1) is 10.1 Å². The Balaban J connectivity index is 1.73. The molecule has 0 unspecified atom stereocenters. The predicted molar refractivity (Wildman–Crippen MR) is 90.6 cm³/mol. The van der Waals surface area contributed by atoms with Gasteiger partial charge in [0.1, 0.15) is 6.20 Å². The minimum atomic E-state index is -0.672. The molecule has 2 heterocycles. The van der Waals surface area contributed by atoms with E-state index in [-0.39, 0.29) is 11.4 Å². The molecule has 0 aliphatic heterocycles. The molecule has 0 fully saturated rings. The van der Waals surface area contributed by atoms with Gasteiger partial charge in [0.15, 0.2) is 0 Å². The van der Waals surface area contributed by atoms with E-state index in [4.69, 9.17) is 11.6 Å². The molecule has 0 aliphatic rings. The summed E-state index contributed by atoms with van der Waals surface area (Å²) in [7, 11) is 1.51. The molecule has 25 heavy (non-hydrogen) atoms. The van der Waals surface area contributed by atoms with Gasteiger partial charge in [-0.05, 0) is 17.7 Å². The molecule has 0 bridgehead atoms. The highest BCUT2D eigenvalue weighted by Crippen LogP contribution is 2.18. The number of rotatable bonds is 5. The Morgan fingerprint density at radius 1 is 1.40 bits per heavy atom. The van der Waals surface area contributed by atoms with E-state index < -0.39 is 10.8 Å². The standard InChI is InChI=1S/C15H13ClN6O3/c1-20-9-13(22(24)25)14(19-20)15(23)18-12-6-17-21(8-12)7-10-3-2-4-11(16)5-10/h2-6,8-9H,7H2,1H3,(H,18,23). The van der Waals surface area contributed by atoms with E-state index in [0.717, 1.165) is 5.56 Å². The Hall–Kier alpha value is -3.20. The highest BCUT2D eigenvalue weighted by Gasteiger charge is 2.25. The third-order valence-electron chi connectivity index (χ3n) is 3.35. The van der Waals surface area contributed by atoms with Gasteiger partial charge in [0, 0.05) is 18.3 Å². The van der Waals surface area contributed by atoms with Gasteiger partial charge >= 0.3 is 5.69 Å². The van der Waals surface area contributed by atoms with Crippen LogP contribution in [0.5, 0.6) is 0 Å². The van der Waals surface area contributed by atoms with E-state index in [2.05, 4.69) is 15.5 Å². The maximum atomic E-state index is 12.2. The monoisotopic (exact) mass is 360 g/mol. The number of anilines is 1. The second kappa shape index (κ2) is 6.73. The number of benzene rings is 1. The van der Waals surface area contributed by atoms with E-state index in [1.54, 1.807) is 16.9 Å². The predicted octanol–water partition coefficient (Wildman–Crippen LogP) is 2.48. The molecule has 9 nitrogen and oxygen atoms in total. The van der Waals surface area contributed by atoms with Crippen LogP contribution in [-0.2, 0) is 13.6 Å². The van der Waals surface area contributed by atoms with Gasteiger partial charge in [-0.25, -0.2) is 0 Å². The number of aryl methyl sites for hydroxylation is 1. The summed E-state index contributed by atoms with van der Waals surface area (Å²) in [6.07, 6.45) is 4.25. The second-order valence-electron chi connectivity index (χ2n) is 5.30. The number of aromatic nitrogens is 4. The zero-order chi connectivity index (χ0) is 18.0. The molecule has 0 radical (unpaired) electrons. The zero-order valence-electron chi connectivity index (χ0n) is 13.1. The third-order valence-corrected chi connectivity index (χ3v) is 3.58. The summed E-state index contributed by atoms with van der Waals surface area (Å²) in [4.78, 5) is 22.5. The molecule has 0 spiro atoms. The number of halogens is 1. The minimum Gasteiger partial charge on any atom is -0.318 e. The fraction of sp³-hybridized carbons (Fsp3) is 0.133. The van der Waals surface area contributed by atoms with E-state index in [9.17, 15) is 14.9 Å². The lowest BCUT2D eigenvalue weighted by molar-refractivity contribution is -0.385. The summed E-state index contributed by atoms with van der Waals surface area (Å²) in [6.45, 7) is 0.472. The topological polar surface area (TPSA) is 108 Å². The van der Waals surface area contributed by atoms with Crippen LogP contribution < -0.4 is 5.32 Å². The fourth-order valence-corrected chi connectivity index (χ4v) is 2.51. The number of hydrogen-bond acceptors (Lipinski definition) is 5. The Morgan fingerprint density at radius 2 is 2.20 bits per heavy atom. The van der Waals surface area contributed by atoms with Gasteiger partial charge in [-0.15, -0.1) is 0 Å². The summed E-state index contributed by atoms with van der Waals surface area (Å²) >= 11 is 5.94. The molecule has 0 atom stereocenters. The van der Waals surface area contributed by atoms with Crippen molar-refractivity contribution in [1.29, 1.82) is 0 Å². The molecular formula is C15H13ClN6O3. The van der Waals surface area contributed by atoms with Crippen LogP contribution in [0.4, 0.5) is 11.4 Å². The number of nitro groups is 1. The molecule has 1 N–H and O–H groups in total. The summed E-state index contributed by atoms with van der Waals surface area (Å²) in [6, 6.07) is 7.34. The Kier molecular flexibility index (Phi) is 4.48. The van der Waals surface area contributed by atoms with Crippen LogP contribution >= 0.6 is 11.6 Å². The van der Waals surface area contributed by atoms with Gasteiger partial charge in [-0.1, -0.05) is 23.7 Å². The molecule has 0 saturated carbocycles. The van der Waals surface area contributed by atoms with Crippen molar-refractivity contribution in [2.75, 3.05) is 5.32 Å². The van der Waals surface area contributed by atoms with Crippen molar-refractivity contribution < 1.29 is 9.72 Å². The molecular weight excluding hydrogens is 348 g/mol. The Labute approximate surface area is 147 Å². The lowest BCUT2D eigenvalue weighted by atomic mass is 10.2. The fourth-order valence-electron chi connectivity index (χ4n) is 2.30. The number of carbonyl (C=O) groups is 1. The average molecular weight is 361 g/mol. The number of amides is 1. The molecule has 3 rings (SSSR count). The van der Waals surface area contributed by atoms with E-state index in [0.29, 0.717) is 17.3 Å². The third kappa shape index (κ3) is 3.83. The summed E-state index contributed by atoms with van der Waals surface area (Å²) in [5, 5.41) is 22.1. The van der Waals surface area contributed by atoms with Crippen molar-refractivity contribution in [3.63, 3.8) is 0 Å². The van der Waals surface area contributed by atoms with Gasteiger partial charge in [0.2, 0.25) is 5.69 Å². The van der Waals surface area contributed by atoms with Crippen molar-refractivity contribution in [3.05, 3.63) is 69.3 Å². The lowest BCUT2D eigenvalue weighted by Crippen LogP contribution is -2.14. The number of nitrogens with one attached hydrogen (secondary N) is 1. The second-order valence-corrected chi connectivity index (χ2v) is 5.74. The molecule has 1 amide bonds. The normalized spacial score (nSPS) is 10.6. The summed E-state index contributed by atoms with van der Waals surface area (Å²) < 4.78 is 2.84. The van der Waals surface area contributed by atoms with Crippen LogP contribution in [0.25, 0.3) is 0 Å². The first-order valence-electron chi connectivity index (χ1n) is 7.18. The van der Waals surface area contributed by atoms with Gasteiger partial charge in [0.05, 0.1) is 23.4 Å². The van der Waals surface area contributed by atoms with Gasteiger partial charge < -0.3 is 5.32 Å². The van der Waals surface area contributed by atoms with Gasteiger partial charge in [-0.2, -0.15) is 10.2 Å². The highest BCUT2D eigenvalue weighted by atomic mass is 35.5. The first kappa shape index (κ1) is 16.7. The maximum absolute atomic E-state index is 12.2. The van der Waals surface area contributed by atoms with E-state index >= 15 is 0 Å². The van der Waals surface area contributed by atoms with Gasteiger partial charge in [-0.3, -0.25) is 24.3 Å². The molecule has 2 aromatic heterocycles. The largest absolute Gasteiger partial charge is 0.320 e. The van der Waals surface area contributed by atoms with Crippen LogP contribution in [0.3, 0.4) is 0 Å². The quantitative estimate of drug-likeness (QED) is 0.555. The summed E-state index contributed by atoms with van der Waals surface area (Å²) in [5.74, 6) is -0.672. The molecule has 0 saturated heterocycles. The Morgan fingerprint density at radius 3 is 2.92 bits per heavy atom. The van der Waals surface area contributed by atoms with E-state index in [1.807, 2.05) is 18.2 Å². The first-order chi connectivity index (χ1) is 11.9. The first-order valence-corrected chi connectivity index (χ1v) is 7.56. The van der Waals surface area contributed by atoms with Crippen LogP contribution in [0.2, 0.25) is 5.02 Å². The van der Waals surface area contributed by atoms with Crippen molar-refractivity contribution in [1.82, 2.24) is 19.6 Å². The highest BCUT2D eigenvalue weighted by molar-refractivity contribution is 6.30. The van der Waals surface area contributed by atoms with Crippen LogP contribution in [0.1, 0.15) is 16.1 Å². The van der Waals surface area contributed by atoms with E-state index in [1.165, 1.54) is 24.1 Å². The molecule has 3 aromatic rings. The molecule has 1 aromatic carbocycles. The van der Waals surface area contributed by atoms with Crippen molar-refractivity contribution >= 4 is 28.9 Å². The SMILES string of the molecule is Cn1cc([N+](=O)[O-])c(C(=O)Nc2cnn(Cc3cccc(Cl)c3)c2)n1. The van der Waals surface area contributed by atoms with Crippen LogP contribution in [-0.4, -0.2) is 30.4 Å². The number of nitrogens with zero attached hydrogens (tertiary/aromatic N) is 5. The molecule has 128 valence electrons. The minimum absolute atomic E-state index is 0.255. The van der Waals surface area contributed by atoms with Crippen molar-refractivity contribution in [2.24, 2.45) is 7.05 Å². The van der Waals surface area contributed by atoms with Gasteiger partial charge in [0.25, 0.3) is 5.91 Å². The maximum Gasteiger partial charge on any atom is 0.320 e. The lowest BCUT2D eigenvalue weighted by Gasteiger charge is -2.02. The smallest absolute Gasteiger partial charge is 0.318 e. The van der Waals surface area contributed by atoms with Crippen molar-refractivity contribution in [2.45, 2.75) is 6.54 Å². The van der Waals surface area contributed by atoms with Crippen molar-refractivity contribution in [3.8, 4) is 0 Å². The average Bonchev–Trinajstić information content (AvgIpc) is 3.14.